The minimum Gasteiger partial charge on any atom is -0.489 e. The third kappa shape index (κ3) is 1.67. The molecule has 1 aliphatic rings. The molecule has 1 aromatic carbocycles. The molecular formula is C16H18FNO2. The van der Waals surface area contributed by atoms with Crippen LogP contribution < -0.4 is 10.2 Å². The number of aromatic nitrogens is 1. The van der Waals surface area contributed by atoms with E-state index in [1.165, 1.54) is 0 Å². The van der Waals surface area contributed by atoms with Gasteiger partial charge in [-0.1, -0.05) is 19.9 Å². The molecule has 3 nitrogen and oxygen atoms in total. The second-order valence-electron chi connectivity index (χ2n) is 6.01. The molecule has 0 N–H and O–H groups in total. The van der Waals surface area contributed by atoms with Gasteiger partial charge in [0.2, 0.25) is 0 Å². The summed E-state index contributed by atoms with van der Waals surface area (Å²) in [5.74, 6) is 0.756. The molecule has 1 aliphatic heterocycles. The van der Waals surface area contributed by atoms with Crippen molar-refractivity contribution in [1.82, 2.24) is 4.57 Å². The fraction of sp³-hybridized carbons (Fsp3) is 0.438. The molecule has 0 aliphatic carbocycles. The topological polar surface area (TPSA) is 31.2 Å². The molecule has 1 atom stereocenters. The molecule has 0 saturated heterocycles. The van der Waals surface area contributed by atoms with E-state index in [0.29, 0.717) is 16.7 Å². The monoisotopic (exact) mass is 275 g/mol. The molecular weight excluding hydrogens is 257 g/mol. The molecule has 4 heteroatoms. The van der Waals surface area contributed by atoms with Crippen molar-refractivity contribution < 1.29 is 9.13 Å². The fourth-order valence-electron chi connectivity index (χ4n) is 2.73. The molecule has 0 radical (unpaired) electrons. The predicted octanol–water partition coefficient (Wildman–Crippen LogP) is 3.20. The largest absolute Gasteiger partial charge is 0.489 e. The van der Waals surface area contributed by atoms with Crippen molar-refractivity contribution in [3.8, 4) is 5.75 Å². The minimum absolute atomic E-state index is 0.0137. The Morgan fingerprint density at radius 1 is 1.45 bits per heavy atom. The number of halogens is 1. The molecule has 3 rings (SSSR count). The molecule has 0 amide bonds. The molecule has 0 saturated carbocycles. The van der Waals surface area contributed by atoms with Gasteiger partial charge in [-0.05, 0) is 25.0 Å². The van der Waals surface area contributed by atoms with Crippen LogP contribution in [-0.4, -0.2) is 17.8 Å². The Labute approximate surface area is 117 Å². The van der Waals surface area contributed by atoms with Crippen LogP contribution in [0.25, 0.3) is 10.9 Å². The normalized spacial score (nSPS) is 21.2. The van der Waals surface area contributed by atoms with E-state index in [-0.39, 0.29) is 18.0 Å². The molecule has 2 heterocycles. The first-order chi connectivity index (χ1) is 9.48. The number of pyridine rings is 1. The van der Waals surface area contributed by atoms with Crippen LogP contribution in [-0.2, 0) is 5.54 Å². The summed E-state index contributed by atoms with van der Waals surface area (Å²) in [6, 6.07) is 5.42. The Kier molecular flexibility index (Phi) is 2.85. The summed E-state index contributed by atoms with van der Waals surface area (Å²) >= 11 is 0. The Balaban J connectivity index is 2.48. The van der Waals surface area contributed by atoms with E-state index in [4.69, 9.17) is 4.74 Å². The van der Waals surface area contributed by atoms with Crippen LogP contribution in [0.4, 0.5) is 4.39 Å². The maximum atomic E-state index is 13.5. The van der Waals surface area contributed by atoms with Crippen molar-refractivity contribution in [1.29, 1.82) is 0 Å². The summed E-state index contributed by atoms with van der Waals surface area (Å²) in [4.78, 5) is 12.6. The number of rotatable bonds is 2. The predicted molar refractivity (Wildman–Crippen MR) is 77.4 cm³/mol. The van der Waals surface area contributed by atoms with Gasteiger partial charge in [-0.2, -0.15) is 0 Å². The maximum absolute atomic E-state index is 13.5. The lowest BCUT2D eigenvalue weighted by atomic mass is 9.97. The molecule has 2 aromatic rings. The number of hydrogen-bond acceptors (Lipinski definition) is 2. The van der Waals surface area contributed by atoms with Gasteiger partial charge < -0.3 is 9.30 Å². The van der Waals surface area contributed by atoms with E-state index >= 15 is 0 Å². The molecule has 0 spiro atoms. The number of para-hydroxylation sites is 1. The number of hydrogen-bond donors (Lipinski definition) is 0. The second kappa shape index (κ2) is 4.33. The van der Waals surface area contributed by atoms with E-state index in [1.807, 2.05) is 37.5 Å². The average Bonchev–Trinajstić information content (AvgIpc) is 2.44. The lowest BCUT2D eigenvalue weighted by Crippen LogP contribution is -2.42. The van der Waals surface area contributed by atoms with Gasteiger partial charge in [0.25, 0.3) is 0 Å². The third-order valence-electron chi connectivity index (χ3n) is 4.05. The lowest BCUT2D eigenvalue weighted by molar-refractivity contribution is 0.123. The van der Waals surface area contributed by atoms with Crippen molar-refractivity contribution in [3.63, 3.8) is 0 Å². The lowest BCUT2D eigenvalue weighted by Gasteiger charge is -2.36. The van der Waals surface area contributed by atoms with Gasteiger partial charge in [-0.25, -0.2) is 4.39 Å². The zero-order valence-electron chi connectivity index (χ0n) is 11.9. The number of ether oxygens (including phenoxy) is 1. The van der Waals surface area contributed by atoms with E-state index in [2.05, 4.69) is 0 Å². The summed E-state index contributed by atoms with van der Waals surface area (Å²) in [5, 5.41) is 0.605. The highest BCUT2D eigenvalue weighted by molar-refractivity contribution is 5.86. The zero-order valence-corrected chi connectivity index (χ0v) is 11.9. The van der Waals surface area contributed by atoms with Crippen molar-refractivity contribution in [2.75, 3.05) is 13.3 Å². The van der Waals surface area contributed by atoms with E-state index < -0.39 is 12.2 Å². The van der Waals surface area contributed by atoms with Crippen LogP contribution in [0.2, 0.25) is 0 Å². The summed E-state index contributed by atoms with van der Waals surface area (Å²) < 4.78 is 21.1. The highest BCUT2D eigenvalue weighted by Crippen LogP contribution is 2.35. The van der Waals surface area contributed by atoms with Crippen LogP contribution in [0.15, 0.2) is 29.2 Å². The second-order valence-corrected chi connectivity index (χ2v) is 6.01. The Bertz CT molecular complexity index is 735. The quantitative estimate of drug-likeness (QED) is 0.842. The van der Waals surface area contributed by atoms with Crippen molar-refractivity contribution in [3.05, 3.63) is 40.2 Å². The smallest absolute Gasteiger partial charge is 0.192 e. The van der Waals surface area contributed by atoms with Crippen molar-refractivity contribution >= 4 is 10.9 Å². The fourth-order valence-corrected chi connectivity index (χ4v) is 2.73. The summed E-state index contributed by atoms with van der Waals surface area (Å²) in [7, 11) is 0. The highest BCUT2D eigenvalue weighted by Gasteiger charge is 2.34. The Hall–Kier alpha value is -1.84. The molecule has 106 valence electrons. The van der Waals surface area contributed by atoms with Gasteiger partial charge >= 0.3 is 0 Å². The van der Waals surface area contributed by atoms with E-state index in [9.17, 15) is 9.18 Å². The van der Waals surface area contributed by atoms with Crippen molar-refractivity contribution in [2.45, 2.75) is 32.2 Å². The van der Waals surface area contributed by atoms with Crippen LogP contribution in [0.3, 0.4) is 0 Å². The first-order valence-corrected chi connectivity index (χ1v) is 6.85. The van der Waals surface area contributed by atoms with E-state index in [1.54, 1.807) is 12.3 Å². The maximum Gasteiger partial charge on any atom is 0.192 e. The first-order valence-electron chi connectivity index (χ1n) is 6.85. The van der Waals surface area contributed by atoms with E-state index in [0.717, 1.165) is 5.56 Å². The molecule has 20 heavy (non-hydrogen) atoms. The van der Waals surface area contributed by atoms with Crippen LogP contribution in [0.5, 0.6) is 5.75 Å². The summed E-state index contributed by atoms with van der Waals surface area (Å²) in [6.45, 7) is 5.52. The Morgan fingerprint density at radius 2 is 2.20 bits per heavy atom. The molecule has 0 bridgehead atoms. The van der Waals surface area contributed by atoms with Gasteiger partial charge in [-0.15, -0.1) is 0 Å². The first kappa shape index (κ1) is 13.2. The van der Waals surface area contributed by atoms with Gasteiger partial charge in [0.1, 0.15) is 24.6 Å². The standard InChI is InChI=1S/C16H18FNO2/c1-10(2)12-7-18-14-11(15(12)19)5-4-6-13(14)20-9-16(18,3)8-17/h4-7,10H,8-9H2,1-3H3. The molecule has 0 fully saturated rings. The Morgan fingerprint density at radius 3 is 2.85 bits per heavy atom. The summed E-state index contributed by atoms with van der Waals surface area (Å²) in [5.41, 5.74) is 0.675. The third-order valence-corrected chi connectivity index (χ3v) is 4.05. The zero-order chi connectivity index (χ0) is 14.5. The number of benzene rings is 1. The van der Waals surface area contributed by atoms with Gasteiger partial charge in [0.05, 0.1) is 5.52 Å². The highest BCUT2D eigenvalue weighted by atomic mass is 19.1. The van der Waals surface area contributed by atoms with Crippen LogP contribution in [0.1, 0.15) is 32.3 Å². The number of alkyl halides is 1. The number of nitrogens with zero attached hydrogens (tertiary/aromatic N) is 1. The molecule has 1 unspecified atom stereocenters. The van der Waals surface area contributed by atoms with Crippen molar-refractivity contribution in [2.24, 2.45) is 0 Å². The average molecular weight is 275 g/mol. The summed E-state index contributed by atoms with van der Waals surface area (Å²) in [6.07, 6.45) is 1.81. The SMILES string of the molecule is CC(C)c1cn2c3c(cccc3c1=O)OCC2(C)CF. The molecule has 1 aromatic heterocycles. The minimum atomic E-state index is -0.760. The van der Waals surface area contributed by atoms with Crippen LogP contribution >= 0.6 is 0 Å². The van der Waals surface area contributed by atoms with Gasteiger partial charge in [0, 0.05) is 17.1 Å². The van der Waals surface area contributed by atoms with Crippen LogP contribution in [0, 0.1) is 0 Å². The van der Waals surface area contributed by atoms with Gasteiger partial charge in [0.15, 0.2) is 5.43 Å². The van der Waals surface area contributed by atoms with Gasteiger partial charge in [-0.3, -0.25) is 4.79 Å².